The van der Waals surface area contributed by atoms with Crippen molar-refractivity contribution in [3.05, 3.63) is 73.1 Å². The molecular formula is C21H20N4OS. The van der Waals surface area contributed by atoms with Gasteiger partial charge in [0, 0.05) is 24.3 Å². The van der Waals surface area contributed by atoms with Gasteiger partial charge < -0.3 is 16.4 Å². The van der Waals surface area contributed by atoms with Crippen LogP contribution in [0.2, 0.25) is 0 Å². The number of pyridine rings is 1. The fraction of sp³-hybridized carbons (Fsp3) is 0.0476. The Labute approximate surface area is 161 Å². The average Bonchev–Trinajstić information content (AvgIpc) is 3.14. The van der Waals surface area contributed by atoms with Gasteiger partial charge in [0.25, 0.3) is 0 Å². The fourth-order valence-electron chi connectivity index (χ4n) is 2.72. The summed E-state index contributed by atoms with van der Waals surface area (Å²) in [6, 6.07) is 21.0. The van der Waals surface area contributed by atoms with E-state index in [1.54, 1.807) is 11.3 Å². The molecule has 5 nitrogen and oxygen atoms in total. The maximum atomic E-state index is 8.58. The zero-order chi connectivity index (χ0) is 19.1. The Morgan fingerprint density at radius 3 is 2.33 bits per heavy atom. The van der Waals surface area contributed by atoms with Gasteiger partial charge in [0.2, 0.25) is 6.41 Å². The summed E-state index contributed by atoms with van der Waals surface area (Å²) in [6.07, 6.45) is 4.03. The van der Waals surface area contributed by atoms with Crippen molar-refractivity contribution in [3.63, 3.8) is 0 Å². The summed E-state index contributed by atoms with van der Waals surface area (Å²) in [7, 11) is 1.94. The van der Waals surface area contributed by atoms with Crippen LogP contribution in [-0.2, 0) is 4.79 Å². The number of nitrogens with two attached hydrogens (primary N) is 1. The van der Waals surface area contributed by atoms with E-state index in [-0.39, 0.29) is 6.41 Å². The van der Waals surface area contributed by atoms with E-state index in [2.05, 4.69) is 75.9 Å². The van der Waals surface area contributed by atoms with Crippen molar-refractivity contribution in [1.29, 1.82) is 0 Å². The van der Waals surface area contributed by atoms with Gasteiger partial charge in [-0.05, 0) is 29.3 Å². The highest BCUT2D eigenvalue weighted by Gasteiger charge is 2.07. The molecular weight excluding hydrogens is 356 g/mol. The van der Waals surface area contributed by atoms with Gasteiger partial charge in [-0.25, -0.2) is 0 Å². The number of thiophene rings is 1. The number of nitrogens with zero attached hydrogens (tertiary/aromatic N) is 1. The predicted octanol–water partition coefficient (Wildman–Crippen LogP) is 4.85. The van der Waals surface area contributed by atoms with Gasteiger partial charge in [-0.1, -0.05) is 42.5 Å². The number of fused-ring (bicyclic) bond motifs is 1. The molecule has 0 saturated carbocycles. The number of rotatable bonds is 4. The lowest BCUT2D eigenvalue weighted by molar-refractivity contribution is -0.106. The Kier molecular flexibility index (Phi) is 6.02. The molecule has 4 aromatic rings. The summed E-state index contributed by atoms with van der Waals surface area (Å²) in [5.74, 6) is 0. The van der Waals surface area contributed by atoms with Gasteiger partial charge in [0.15, 0.2) is 0 Å². The topological polar surface area (TPSA) is 80.0 Å². The average molecular weight is 376 g/mol. The number of primary amides is 1. The fourth-order valence-corrected chi connectivity index (χ4v) is 3.62. The Morgan fingerprint density at radius 2 is 1.67 bits per heavy atom. The van der Waals surface area contributed by atoms with E-state index < -0.39 is 0 Å². The molecule has 136 valence electrons. The number of hydrogen-bond donors (Lipinski definition) is 3. The van der Waals surface area contributed by atoms with Crippen LogP contribution in [0.15, 0.2) is 73.1 Å². The zero-order valence-corrected chi connectivity index (χ0v) is 15.7. The summed E-state index contributed by atoms with van der Waals surface area (Å²) in [6.45, 7) is 0. The van der Waals surface area contributed by atoms with Gasteiger partial charge in [-0.2, -0.15) is 0 Å². The largest absolute Gasteiger partial charge is 0.380 e. The van der Waals surface area contributed by atoms with Crippen LogP contribution in [-0.4, -0.2) is 18.4 Å². The van der Waals surface area contributed by atoms with Gasteiger partial charge in [0.05, 0.1) is 21.6 Å². The van der Waals surface area contributed by atoms with Crippen molar-refractivity contribution >= 4 is 44.2 Å². The maximum Gasteiger partial charge on any atom is 0.204 e. The quantitative estimate of drug-likeness (QED) is 0.445. The van der Waals surface area contributed by atoms with Crippen LogP contribution in [0.3, 0.4) is 0 Å². The van der Waals surface area contributed by atoms with Crippen molar-refractivity contribution in [2.24, 2.45) is 5.73 Å². The van der Waals surface area contributed by atoms with Crippen molar-refractivity contribution in [3.8, 4) is 11.1 Å². The molecule has 27 heavy (non-hydrogen) atoms. The molecule has 0 atom stereocenters. The minimum atomic E-state index is 0.250. The first-order valence-electron chi connectivity index (χ1n) is 8.38. The Morgan fingerprint density at radius 1 is 1.00 bits per heavy atom. The molecule has 2 heterocycles. The van der Waals surface area contributed by atoms with Crippen LogP contribution in [0.4, 0.5) is 16.4 Å². The van der Waals surface area contributed by atoms with Crippen LogP contribution in [0, 0.1) is 0 Å². The second kappa shape index (κ2) is 8.82. The van der Waals surface area contributed by atoms with Crippen molar-refractivity contribution in [1.82, 2.24) is 4.98 Å². The third-order valence-corrected chi connectivity index (χ3v) is 5.05. The molecule has 0 unspecified atom stereocenters. The van der Waals surface area contributed by atoms with Gasteiger partial charge in [0.1, 0.15) is 0 Å². The van der Waals surface area contributed by atoms with Crippen molar-refractivity contribution < 1.29 is 4.79 Å². The predicted molar refractivity (Wildman–Crippen MR) is 115 cm³/mol. The van der Waals surface area contributed by atoms with Gasteiger partial charge in [-0.15, -0.1) is 11.3 Å². The van der Waals surface area contributed by atoms with E-state index in [1.807, 2.05) is 25.5 Å². The number of anilines is 3. The summed E-state index contributed by atoms with van der Waals surface area (Å²) >= 11 is 1.71. The maximum absolute atomic E-state index is 8.58. The van der Waals surface area contributed by atoms with E-state index in [0.29, 0.717) is 0 Å². The summed E-state index contributed by atoms with van der Waals surface area (Å²) in [5, 5.41) is 9.00. The summed E-state index contributed by atoms with van der Waals surface area (Å²) in [5.41, 5.74) is 8.69. The molecule has 0 saturated heterocycles. The standard InChI is InChI=1S/C20H17N3S.CH3NO/c1-21-20-11-17-18(12-22-13-19(17)24-20)23-16-9-7-15(8-10-16)14-5-3-2-4-6-14;2-1-3/h2-13,21,23H,1H3;1H,(H2,2,3). The normalized spacial score (nSPS) is 9.96. The number of benzene rings is 2. The van der Waals surface area contributed by atoms with Crippen LogP contribution in [0.25, 0.3) is 21.2 Å². The lowest BCUT2D eigenvalue weighted by Crippen LogP contribution is -1.91. The molecule has 4 rings (SSSR count). The smallest absolute Gasteiger partial charge is 0.204 e. The van der Waals surface area contributed by atoms with Crippen LogP contribution >= 0.6 is 11.3 Å². The molecule has 4 N–H and O–H groups in total. The molecule has 1 amide bonds. The lowest BCUT2D eigenvalue weighted by Gasteiger charge is -2.08. The van der Waals surface area contributed by atoms with Crippen molar-refractivity contribution in [2.45, 2.75) is 0 Å². The summed E-state index contributed by atoms with van der Waals surface area (Å²) < 4.78 is 1.17. The number of carbonyl (C=O) groups is 1. The first-order valence-corrected chi connectivity index (χ1v) is 9.20. The Hall–Kier alpha value is -3.38. The molecule has 0 fully saturated rings. The molecule has 0 radical (unpaired) electrons. The number of nitrogens with one attached hydrogen (secondary N) is 2. The number of hydrogen-bond acceptors (Lipinski definition) is 5. The van der Waals surface area contributed by atoms with Crippen LogP contribution in [0.5, 0.6) is 0 Å². The van der Waals surface area contributed by atoms with Gasteiger partial charge in [-0.3, -0.25) is 9.78 Å². The highest BCUT2D eigenvalue weighted by Crippen LogP contribution is 2.34. The molecule has 0 aliphatic rings. The second-order valence-electron chi connectivity index (χ2n) is 5.66. The third kappa shape index (κ3) is 4.43. The second-order valence-corrected chi connectivity index (χ2v) is 6.75. The highest BCUT2D eigenvalue weighted by molar-refractivity contribution is 7.22. The minimum Gasteiger partial charge on any atom is -0.380 e. The van der Waals surface area contributed by atoms with E-state index in [4.69, 9.17) is 4.79 Å². The molecule has 0 bridgehead atoms. The molecule has 2 aromatic heterocycles. The molecule has 0 aliphatic carbocycles. The first-order chi connectivity index (χ1) is 13.2. The summed E-state index contributed by atoms with van der Waals surface area (Å²) in [4.78, 5) is 12.9. The van der Waals surface area contributed by atoms with Crippen molar-refractivity contribution in [2.75, 3.05) is 17.7 Å². The van der Waals surface area contributed by atoms with E-state index in [9.17, 15) is 0 Å². The van der Waals surface area contributed by atoms with Crippen LogP contribution < -0.4 is 16.4 Å². The van der Waals surface area contributed by atoms with E-state index >= 15 is 0 Å². The molecule has 6 heteroatoms. The number of amides is 1. The molecule has 0 spiro atoms. The zero-order valence-electron chi connectivity index (χ0n) is 14.8. The lowest BCUT2D eigenvalue weighted by atomic mass is 10.1. The van der Waals surface area contributed by atoms with E-state index in [0.717, 1.165) is 16.4 Å². The van der Waals surface area contributed by atoms with Crippen LogP contribution in [0.1, 0.15) is 0 Å². The monoisotopic (exact) mass is 376 g/mol. The molecule has 2 aromatic carbocycles. The SMILES string of the molecule is CNc1cc2c(Nc3ccc(-c4ccccc4)cc3)cncc2s1.NC=O. The third-order valence-electron chi connectivity index (χ3n) is 3.96. The first kappa shape index (κ1) is 18.4. The Bertz CT molecular complexity index is 1010. The number of carbonyl (C=O) groups excluding carboxylic acids is 1. The van der Waals surface area contributed by atoms with E-state index in [1.165, 1.54) is 21.2 Å². The minimum absolute atomic E-state index is 0.250. The number of aromatic nitrogens is 1. The Balaban J connectivity index is 0.000000659. The highest BCUT2D eigenvalue weighted by atomic mass is 32.1. The van der Waals surface area contributed by atoms with Gasteiger partial charge >= 0.3 is 0 Å². The molecule has 0 aliphatic heterocycles.